The molecule has 0 aliphatic carbocycles. The third-order valence-electron chi connectivity index (χ3n) is 4.83. The molecule has 0 saturated carbocycles. The Balaban J connectivity index is 1.56. The number of fused-ring (bicyclic) bond motifs is 1. The molecule has 26 heavy (non-hydrogen) atoms. The molecule has 0 radical (unpaired) electrons. The van der Waals surface area contributed by atoms with Crippen LogP contribution in [0.2, 0.25) is 0 Å². The number of likely N-dealkylation sites (N-methyl/N-ethyl adjacent to an activating group) is 1. The van der Waals surface area contributed by atoms with Crippen LogP contribution in [0.25, 0.3) is 10.8 Å². The minimum atomic E-state index is -0.183. The predicted molar refractivity (Wildman–Crippen MR) is 106 cm³/mol. The molecule has 4 rings (SSSR count). The first kappa shape index (κ1) is 16.5. The van der Waals surface area contributed by atoms with Gasteiger partial charge in [-0.3, -0.25) is 4.79 Å². The third kappa shape index (κ3) is 3.39. The third-order valence-corrected chi connectivity index (χ3v) is 4.83. The Morgan fingerprint density at radius 1 is 0.923 bits per heavy atom. The molecule has 2 heterocycles. The minimum Gasteiger partial charge on any atom is -0.354 e. The van der Waals surface area contributed by atoms with Gasteiger partial charge in [-0.2, -0.15) is 0 Å². The number of carbonyl (C=O) groups excluding carboxylic acids is 1. The summed E-state index contributed by atoms with van der Waals surface area (Å²) in [6.07, 6.45) is 0. The number of aromatic nitrogens is 1. The van der Waals surface area contributed by atoms with Gasteiger partial charge in [-0.15, -0.1) is 0 Å². The molecular formula is C21H22N4O. The number of carbonyl (C=O) groups is 1. The van der Waals surface area contributed by atoms with E-state index in [2.05, 4.69) is 27.1 Å². The average Bonchev–Trinajstić information content (AvgIpc) is 2.69. The van der Waals surface area contributed by atoms with Gasteiger partial charge in [0.15, 0.2) is 0 Å². The van der Waals surface area contributed by atoms with Crippen molar-refractivity contribution in [1.82, 2.24) is 9.88 Å². The lowest BCUT2D eigenvalue weighted by Gasteiger charge is -2.33. The average molecular weight is 346 g/mol. The fourth-order valence-electron chi connectivity index (χ4n) is 3.28. The van der Waals surface area contributed by atoms with E-state index in [0.29, 0.717) is 5.69 Å². The standard InChI is InChI=1S/C21H22N4O/c1-24-12-14-25(15-13-24)20-11-5-10-19(22-20)21(26)23-18-9-4-7-16-6-2-3-8-17(16)18/h2-11H,12-15H2,1H3,(H,23,26). The summed E-state index contributed by atoms with van der Waals surface area (Å²) in [5.41, 5.74) is 1.24. The molecule has 5 heteroatoms. The monoisotopic (exact) mass is 346 g/mol. The number of amides is 1. The maximum atomic E-state index is 12.7. The second-order valence-corrected chi connectivity index (χ2v) is 6.65. The van der Waals surface area contributed by atoms with Crippen LogP contribution in [0, 0.1) is 0 Å². The van der Waals surface area contributed by atoms with Crippen molar-refractivity contribution in [3.63, 3.8) is 0 Å². The molecule has 3 aromatic rings. The van der Waals surface area contributed by atoms with E-state index in [1.165, 1.54) is 0 Å². The molecule has 2 aromatic carbocycles. The second-order valence-electron chi connectivity index (χ2n) is 6.65. The Labute approximate surface area is 153 Å². The lowest BCUT2D eigenvalue weighted by molar-refractivity contribution is 0.102. The van der Waals surface area contributed by atoms with Gasteiger partial charge in [0.2, 0.25) is 0 Å². The Morgan fingerprint density at radius 3 is 2.50 bits per heavy atom. The highest BCUT2D eigenvalue weighted by Gasteiger charge is 2.17. The number of nitrogens with one attached hydrogen (secondary N) is 1. The van der Waals surface area contributed by atoms with Gasteiger partial charge >= 0.3 is 0 Å². The summed E-state index contributed by atoms with van der Waals surface area (Å²) in [6.45, 7) is 3.87. The zero-order valence-electron chi connectivity index (χ0n) is 14.9. The number of nitrogens with zero attached hydrogens (tertiary/aromatic N) is 3. The largest absolute Gasteiger partial charge is 0.354 e. The number of hydrogen-bond acceptors (Lipinski definition) is 4. The smallest absolute Gasteiger partial charge is 0.274 e. The van der Waals surface area contributed by atoms with Gasteiger partial charge in [0.1, 0.15) is 11.5 Å². The van der Waals surface area contributed by atoms with Crippen molar-refractivity contribution in [1.29, 1.82) is 0 Å². The van der Waals surface area contributed by atoms with E-state index in [1.807, 2.05) is 54.6 Å². The summed E-state index contributed by atoms with van der Waals surface area (Å²) in [5.74, 6) is 0.681. The Morgan fingerprint density at radius 2 is 1.65 bits per heavy atom. The molecule has 1 amide bonds. The SMILES string of the molecule is CN1CCN(c2cccc(C(=O)Nc3cccc4ccccc34)n2)CC1. The van der Waals surface area contributed by atoms with Crippen molar-refractivity contribution in [3.05, 3.63) is 66.4 Å². The minimum absolute atomic E-state index is 0.183. The summed E-state index contributed by atoms with van der Waals surface area (Å²) < 4.78 is 0. The topological polar surface area (TPSA) is 48.5 Å². The van der Waals surface area contributed by atoms with E-state index in [1.54, 1.807) is 6.07 Å². The van der Waals surface area contributed by atoms with E-state index in [9.17, 15) is 4.79 Å². The molecule has 0 bridgehead atoms. The predicted octanol–water partition coefficient (Wildman–Crippen LogP) is 3.24. The van der Waals surface area contributed by atoms with Crippen molar-refractivity contribution in [2.24, 2.45) is 0 Å². The van der Waals surface area contributed by atoms with E-state index in [0.717, 1.165) is 48.5 Å². The first-order valence-corrected chi connectivity index (χ1v) is 8.90. The molecule has 0 unspecified atom stereocenters. The van der Waals surface area contributed by atoms with Crippen LogP contribution in [0.15, 0.2) is 60.7 Å². The quantitative estimate of drug-likeness (QED) is 0.791. The van der Waals surface area contributed by atoms with E-state index in [-0.39, 0.29) is 5.91 Å². The summed E-state index contributed by atoms with van der Waals surface area (Å²) in [6, 6.07) is 19.6. The highest BCUT2D eigenvalue weighted by Crippen LogP contribution is 2.23. The number of pyridine rings is 1. The van der Waals surface area contributed by atoms with Crippen LogP contribution in [0.3, 0.4) is 0 Å². The summed E-state index contributed by atoms with van der Waals surface area (Å²) in [4.78, 5) is 21.9. The number of piperazine rings is 1. The van der Waals surface area contributed by atoms with Crippen LogP contribution in [0.5, 0.6) is 0 Å². The lowest BCUT2D eigenvalue weighted by Crippen LogP contribution is -2.44. The van der Waals surface area contributed by atoms with Gasteiger partial charge in [-0.25, -0.2) is 4.98 Å². The summed E-state index contributed by atoms with van der Waals surface area (Å²) >= 11 is 0. The molecule has 0 atom stereocenters. The maximum Gasteiger partial charge on any atom is 0.274 e. The molecule has 1 aromatic heterocycles. The molecule has 1 aliphatic heterocycles. The molecule has 1 N–H and O–H groups in total. The fraction of sp³-hybridized carbons (Fsp3) is 0.238. The number of anilines is 2. The lowest BCUT2D eigenvalue weighted by atomic mass is 10.1. The number of rotatable bonds is 3. The molecular weight excluding hydrogens is 324 g/mol. The Kier molecular flexibility index (Phi) is 4.54. The van der Waals surface area contributed by atoms with Gasteiger partial charge in [-0.05, 0) is 30.6 Å². The van der Waals surface area contributed by atoms with Crippen molar-refractivity contribution < 1.29 is 4.79 Å². The Bertz CT molecular complexity index is 927. The summed E-state index contributed by atoms with van der Waals surface area (Å²) in [7, 11) is 2.12. The van der Waals surface area contributed by atoms with Crippen molar-refractivity contribution in [3.8, 4) is 0 Å². The zero-order chi connectivity index (χ0) is 17.9. The molecule has 0 spiro atoms. The second kappa shape index (κ2) is 7.14. The van der Waals surface area contributed by atoms with Gasteiger partial charge in [0, 0.05) is 37.3 Å². The molecule has 1 saturated heterocycles. The van der Waals surface area contributed by atoms with Crippen LogP contribution >= 0.6 is 0 Å². The van der Waals surface area contributed by atoms with Gasteiger partial charge < -0.3 is 15.1 Å². The van der Waals surface area contributed by atoms with Crippen LogP contribution in [0.1, 0.15) is 10.5 Å². The van der Waals surface area contributed by atoms with Gasteiger partial charge in [-0.1, -0.05) is 42.5 Å². The normalized spacial score (nSPS) is 15.2. The fourth-order valence-corrected chi connectivity index (χ4v) is 3.28. The maximum absolute atomic E-state index is 12.7. The van der Waals surface area contributed by atoms with Gasteiger partial charge in [0.05, 0.1) is 0 Å². The Hall–Kier alpha value is -2.92. The first-order chi connectivity index (χ1) is 12.7. The van der Waals surface area contributed by atoms with Crippen LogP contribution in [-0.2, 0) is 0 Å². The first-order valence-electron chi connectivity index (χ1n) is 8.90. The van der Waals surface area contributed by atoms with Crippen molar-refractivity contribution in [2.45, 2.75) is 0 Å². The molecule has 5 nitrogen and oxygen atoms in total. The van der Waals surface area contributed by atoms with Gasteiger partial charge in [0.25, 0.3) is 5.91 Å². The van der Waals surface area contributed by atoms with Crippen LogP contribution < -0.4 is 10.2 Å². The highest BCUT2D eigenvalue weighted by molar-refractivity contribution is 6.08. The van der Waals surface area contributed by atoms with Crippen molar-refractivity contribution >= 4 is 28.2 Å². The van der Waals surface area contributed by atoms with Crippen LogP contribution in [0.4, 0.5) is 11.5 Å². The zero-order valence-corrected chi connectivity index (χ0v) is 14.9. The number of hydrogen-bond donors (Lipinski definition) is 1. The van der Waals surface area contributed by atoms with Crippen LogP contribution in [-0.4, -0.2) is 49.0 Å². The molecule has 1 fully saturated rings. The van der Waals surface area contributed by atoms with E-state index >= 15 is 0 Å². The molecule has 1 aliphatic rings. The number of benzene rings is 2. The van der Waals surface area contributed by atoms with E-state index < -0.39 is 0 Å². The highest BCUT2D eigenvalue weighted by atomic mass is 16.1. The van der Waals surface area contributed by atoms with Crippen molar-refractivity contribution in [2.75, 3.05) is 43.4 Å². The molecule has 132 valence electrons. The summed E-state index contributed by atoms with van der Waals surface area (Å²) in [5, 5.41) is 5.14. The van der Waals surface area contributed by atoms with E-state index in [4.69, 9.17) is 0 Å².